The van der Waals surface area contributed by atoms with Gasteiger partial charge >= 0.3 is 5.97 Å². The summed E-state index contributed by atoms with van der Waals surface area (Å²) in [6.07, 6.45) is 4.42. The van der Waals surface area contributed by atoms with Crippen LogP contribution in [0.3, 0.4) is 0 Å². The van der Waals surface area contributed by atoms with Gasteiger partial charge < -0.3 is 23.3 Å². The molecule has 2 heterocycles. The Hall–Kier alpha value is -4.26. The molecule has 5 aromatic rings. The average molecular weight is 513 g/mol. The summed E-state index contributed by atoms with van der Waals surface area (Å²) < 4.78 is 25.0. The summed E-state index contributed by atoms with van der Waals surface area (Å²) in [6, 6.07) is 21.9. The molecule has 0 amide bonds. The van der Waals surface area contributed by atoms with Crippen molar-refractivity contribution in [2.45, 2.75) is 39.7 Å². The van der Waals surface area contributed by atoms with E-state index >= 15 is 0 Å². The van der Waals surface area contributed by atoms with Gasteiger partial charge in [-0.25, -0.2) is 0 Å². The van der Waals surface area contributed by atoms with Gasteiger partial charge in [-0.15, -0.1) is 0 Å². The summed E-state index contributed by atoms with van der Waals surface area (Å²) in [7, 11) is 0. The van der Waals surface area contributed by atoms with Gasteiger partial charge in [0, 0.05) is 29.1 Å². The molecule has 0 saturated heterocycles. The molecule has 38 heavy (non-hydrogen) atoms. The van der Waals surface area contributed by atoms with E-state index in [1.54, 1.807) is 6.92 Å². The third-order valence-electron chi connectivity index (χ3n) is 6.43. The number of benzene rings is 3. The second-order valence-electron chi connectivity index (χ2n) is 9.05. The third-order valence-corrected chi connectivity index (χ3v) is 6.43. The van der Waals surface area contributed by atoms with E-state index in [1.165, 1.54) is 0 Å². The number of hydrogen-bond acceptors (Lipinski definition) is 6. The summed E-state index contributed by atoms with van der Waals surface area (Å²) in [5, 5.41) is 6.33. The number of esters is 1. The van der Waals surface area contributed by atoms with Crippen molar-refractivity contribution in [3.63, 3.8) is 0 Å². The highest BCUT2D eigenvalue weighted by Crippen LogP contribution is 2.35. The first kappa shape index (κ1) is 25.4. The molecule has 0 bridgehead atoms. The first-order chi connectivity index (χ1) is 18.7. The lowest BCUT2D eigenvalue weighted by atomic mass is 10.0. The number of aryl methyl sites for hydroxylation is 1. The Morgan fingerprint density at radius 3 is 2.50 bits per heavy atom. The first-order valence-corrected chi connectivity index (χ1v) is 13.1. The zero-order chi connectivity index (χ0) is 26.3. The van der Waals surface area contributed by atoms with Gasteiger partial charge in [0.1, 0.15) is 23.7 Å². The second-order valence-corrected chi connectivity index (χ2v) is 9.05. The molecule has 7 heteroatoms. The van der Waals surface area contributed by atoms with E-state index in [-0.39, 0.29) is 12.5 Å². The number of nitrogens with zero attached hydrogens (tertiary/aromatic N) is 2. The molecule has 0 unspecified atom stereocenters. The predicted octanol–water partition coefficient (Wildman–Crippen LogP) is 6.81. The van der Waals surface area contributed by atoms with Crippen LogP contribution in [0.4, 0.5) is 0 Å². The van der Waals surface area contributed by atoms with E-state index in [2.05, 4.69) is 12.1 Å². The van der Waals surface area contributed by atoms with Crippen LogP contribution < -0.4 is 9.47 Å². The zero-order valence-electron chi connectivity index (χ0n) is 21.8. The monoisotopic (exact) mass is 512 g/mol. The molecular weight excluding hydrogens is 480 g/mol. The Morgan fingerprint density at radius 1 is 0.895 bits per heavy atom. The van der Waals surface area contributed by atoms with Gasteiger partial charge in [0.25, 0.3) is 0 Å². The van der Waals surface area contributed by atoms with Crippen LogP contribution in [0.25, 0.3) is 33.1 Å². The fourth-order valence-corrected chi connectivity index (χ4v) is 4.69. The molecule has 7 nitrogen and oxygen atoms in total. The van der Waals surface area contributed by atoms with Crippen LogP contribution in [0, 0.1) is 0 Å². The van der Waals surface area contributed by atoms with Crippen molar-refractivity contribution in [3.05, 3.63) is 78.5 Å². The lowest BCUT2D eigenvalue weighted by Crippen LogP contribution is -2.12. The van der Waals surface area contributed by atoms with Crippen molar-refractivity contribution >= 4 is 27.8 Å². The quantitative estimate of drug-likeness (QED) is 0.135. The Morgan fingerprint density at radius 2 is 1.71 bits per heavy atom. The molecule has 0 aliphatic carbocycles. The highest BCUT2D eigenvalue weighted by molar-refractivity contribution is 5.94. The van der Waals surface area contributed by atoms with Crippen LogP contribution in [0.5, 0.6) is 11.5 Å². The third kappa shape index (κ3) is 5.37. The van der Waals surface area contributed by atoms with E-state index in [0.717, 1.165) is 69.5 Å². The molecule has 0 N–H and O–H groups in total. The molecule has 3 aromatic carbocycles. The number of hydrogen-bond donors (Lipinski definition) is 0. The van der Waals surface area contributed by atoms with Gasteiger partial charge in [-0.3, -0.25) is 4.79 Å². The first-order valence-electron chi connectivity index (χ1n) is 13.1. The van der Waals surface area contributed by atoms with Gasteiger partial charge in [0.2, 0.25) is 0 Å². The minimum Gasteiger partial charge on any atom is -0.493 e. The molecule has 0 saturated carbocycles. The maximum atomic E-state index is 11.9. The number of carbonyl (C=O) groups excluding carboxylic acids is 1. The van der Waals surface area contributed by atoms with Crippen molar-refractivity contribution in [2.75, 3.05) is 19.8 Å². The molecule has 0 spiro atoms. The van der Waals surface area contributed by atoms with Gasteiger partial charge in [-0.05, 0) is 43.7 Å². The molecule has 0 radical (unpaired) electrons. The molecule has 0 atom stereocenters. The summed E-state index contributed by atoms with van der Waals surface area (Å²) >= 11 is 0. The summed E-state index contributed by atoms with van der Waals surface area (Å²) in [5.41, 5.74) is 4.66. The molecule has 2 aromatic heterocycles. The fraction of sp³-hybridized carbons (Fsp3) is 0.290. The second kappa shape index (κ2) is 11.9. The number of fused-ring (bicyclic) bond motifs is 2. The molecule has 0 aliphatic heterocycles. The maximum absolute atomic E-state index is 11.9. The summed E-state index contributed by atoms with van der Waals surface area (Å²) in [4.78, 5) is 11.9. The van der Waals surface area contributed by atoms with Crippen molar-refractivity contribution in [1.82, 2.24) is 9.72 Å². The Bertz CT molecular complexity index is 1520. The predicted molar refractivity (Wildman–Crippen MR) is 148 cm³/mol. The van der Waals surface area contributed by atoms with Crippen LogP contribution >= 0.6 is 0 Å². The topological polar surface area (TPSA) is 75.7 Å². The zero-order valence-corrected chi connectivity index (χ0v) is 21.8. The van der Waals surface area contributed by atoms with E-state index in [9.17, 15) is 4.79 Å². The van der Waals surface area contributed by atoms with Crippen molar-refractivity contribution in [3.8, 4) is 22.8 Å². The van der Waals surface area contributed by atoms with E-state index in [4.69, 9.17) is 18.7 Å². The number of ether oxygens (including phenoxy) is 3. The normalized spacial score (nSPS) is 11.2. The van der Waals surface area contributed by atoms with Gasteiger partial charge in [-0.1, -0.05) is 54.9 Å². The number of carbonyl (C=O) groups is 1. The maximum Gasteiger partial charge on any atom is 0.325 e. The molecular formula is C31H32N2O5. The lowest BCUT2D eigenvalue weighted by Gasteiger charge is -2.12. The van der Waals surface area contributed by atoms with Gasteiger partial charge in [0.15, 0.2) is 5.58 Å². The van der Waals surface area contributed by atoms with E-state index in [1.807, 2.05) is 77.5 Å². The van der Waals surface area contributed by atoms with Crippen LogP contribution in [-0.2, 0) is 22.5 Å². The SMILES string of the molecule is CCCc1c(OCCCOc2cccc3c2ccn3CC(=O)OCC)ccc2c(-c3ccccc3)noc12. The van der Waals surface area contributed by atoms with Gasteiger partial charge in [-0.2, -0.15) is 0 Å². The minimum atomic E-state index is -0.254. The van der Waals surface area contributed by atoms with Gasteiger partial charge in [0.05, 0.1) is 30.7 Å². The lowest BCUT2D eigenvalue weighted by molar-refractivity contribution is -0.143. The standard InChI is InChI=1S/C31H32N2O5/c1-3-10-24-28(16-15-25-30(32-38-31(24)25)22-11-6-5-7-12-22)37-20-9-19-36-27-14-8-13-26-23(27)17-18-33(26)21-29(34)35-4-2/h5-8,11-18H,3-4,9-10,19-21H2,1-2H3. The highest BCUT2D eigenvalue weighted by Gasteiger charge is 2.17. The van der Waals surface area contributed by atoms with Crippen molar-refractivity contribution < 1.29 is 23.5 Å². The van der Waals surface area contributed by atoms with Crippen LogP contribution in [0.2, 0.25) is 0 Å². The average Bonchev–Trinajstić information content (AvgIpc) is 3.55. The van der Waals surface area contributed by atoms with Crippen LogP contribution in [0.1, 0.15) is 32.3 Å². The van der Waals surface area contributed by atoms with E-state index < -0.39 is 0 Å². The van der Waals surface area contributed by atoms with Crippen molar-refractivity contribution in [2.24, 2.45) is 0 Å². The summed E-state index contributed by atoms with van der Waals surface area (Å²) in [6.45, 7) is 5.52. The van der Waals surface area contributed by atoms with Crippen LogP contribution in [0.15, 0.2) is 77.4 Å². The van der Waals surface area contributed by atoms with Crippen LogP contribution in [-0.4, -0.2) is 35.5 Å². The minimum absolute atomic E-state index is 0.178. The molecule has 5 rings (SSSR count). The molecule has 0 aliphatic rings. The Kier molecular flexibility index (Phi) is 7.92. The Labute approximate surface area is 221 Å². The number of rotatable bonds is 12. The van der Waals surface area contributed by atoms with Crippen molar-refractivity contribution in [1.29, 1.82) is 0 Å². The molecule has 196 valence electrons. The largest absolute Gasteiger partial charge is 0.493 e. The molecule has 0 fully saturated rings. The fourth-order valence-electron chi connectivity index (χ4n) is 4.69. The highest BCUT2D eigenvalue weighted by atomic mass is 16.5. The Balaban J connectivity index is 1.22. The number of aromatic nitrogens is 2. The summed E-state index contributed by atoms with van der Waals surface area (Å²) in [5.74, 6) is 1.36. The van der Waals surface area contributed by atoms with E-state index in [0.29, 0.717) is 19.8 Å². The smallest absolute Gasteiger partial charge is 0.325 e.